The van der Waals surface area contributed by atoms with Gasteiger partial charge in [0.2, 0.25) is 0 Å². The molecule has 0 aliphatic heterocycles. The molecule has 1 heterocycles. The van der Waals surface area contributed by atoms with Gasteiger partial charge in [0, 0.05) is 17.5 Å². The Bertz CT molecular complexity index is 367. The number of hydrogen-bond acceptors (Lipinski definition) is 4. The Morgan fingerprint density at radius 3 is 2.88 bits per heavy atom. The third-order valence-corrected chi connectivity index (χ3v) is 4.23. The van der Waals surface area contributed by atoms with Gasteiger partial charge in [-0.25, -0.2) is 4.98 Å². The molecule has 16 heavy (non-hydrogen) atoms. The Balaban J connectivity index is 2.01. The molecule has 2 atom stereocenters. The first-order valence-corrected chi connectivity index (χ1v) is 7.07. The molecule has 3 nitrogen and oxygen atoms in total. The van der Waals surface area contributed by atoms with E-state index in [9.17, 15) is 0 Å². The van der Waals surface area contributed by atoms with Crippen molar-refractivity contribution in [2.45, 2.75) is 44.4 Å². The van der Waals surface area contributed by atoms with Gasteiger partial charge in [-0.05, 0) is 39.4 Å². The molecule has 1 aromatic rings. The maximum absolute atomic E-state index is 4.51. The summed E-state index contributed by atoms with van der Waals surface area (Å²) in [6.07, 6.45) is 7.83. The Hall–Kier alpha value is -0.770. The lowest BCUT2D eigenvalue weighted by atomic mass is 10.2. The van der Waals surface area contributed by atoms with E-state index in [-0.39, 0.29) is 0 Å². The smallest absolute Gasteiger partial charge is 0.147 e. The molecule has 1 saturated carbocycles. The van der Waals surface area contributed by atoms with E-state index >= 15 is 0 Å². The fraction of sp³-hybridized carbons (Fsp3) is 0.667. The summed E-state index contributed by atoms with van der Waals surface area (Å²) in [5.41, 5.74) is 1.98. The van der Waals surface area contributed by atoms with Crippen molar-refractivity contribution in [3.05, 3.63) is 17.6 Å². The van der Waals surface area contributed by atoms with Gasteiger partial charge in [0.05, 0.1) is 11.4 Å². The fourth-order valence-corrected chi connectivity index (χ4v) is 2.95. The van der Waals surface area contributed by atoms with Gasteiger partial charge in [0.15, 0.2) is 0 Å². The third-order valence-electron chi connectivity index (χ3n) is 3.13. The molecule has 88 valence electrons. The second-order valence-electron chi connectivity index (χ2n) is 4.46. The molecular formula is C12H19N3S. The Labute approximate surface area is 101 Å². The van der Waals surface area contributed by atoms with Gasteiger partial charge < -0.3 is 5.32 Å². The van der Waals surface area contributed by atoms with Gasteiger partial charge in [-0.1, -0.05) is 0 Å². The molecule has 0 bridgehead atoms. The van der Waals surface area contributed by atoms with E-state index in [1.165, 1.54) is 19.3 Å². The number of nitrogens with one attached hydrogen (secondary N) is 1. The average molecular weight is 237 g/mol. The van der Waals surface area contributed by atoms with Crippen molar-refractivity contribution in [2.75, 3.05) is 11.6 Å². The molecule has 1 aliphatic carbocycles. The zero-order valence-corrected chi connectivity index (χ0v) is 11.0. The SMILES string of the molecule is CS[C@@H]1CC[C@@H](Nc2nc(C)cnc2C)C1. The topological polar surface area (TPSA) is 37.8 Å². The lowest BCUT2D eigenvalue weighted by molar-refractivity contribution is 0.748. The monoisotopic (exact) mass is 237 g/mol. The van der Waals surface area contributed by atoms with Crippen molar-refractivity contribution in [2.24, 2.45) is 0 Å². The summed E-state index contributed by atoms with van der Waals surface area (Å²) in [6.45, 7) is 3.99. The minimum Gasteiger partial charge on any atom is -0.366 e. The minimum atomic E-state index is 0.576. The van der Waals surface area contributed by atoms with Crippen LogP contribution in [0.3, 0.4) is 0 Å². The highest BCUT2D eigenvalue weighted by Crippen LogP contribution is 2.30. The van der Waals surface area contributed by atoms with Gasteiger partial charge >= 0.3 is 0 Å². The number of aryl methyl sites for hydroxylation is 2. The second kappa shape index (κ2) is 5.04. The van der Waals surface area contributed by atoms with Crippen molar-refractivity contribution < 1.29 is 0 Å². The first-order chi connectivity index (χ1) is 7.69. The van der Waals surface area contributed by atoms with Crippen LogP contribution in [-0.2, 0) is 0 Å². The highest BCUT2D eigenvalue weighted by molar-refractivity contribution is 7.99. The average Bonchev–Trinajstić information content (AvgIpc) is 2.71. The molecule has 0 aromatic carbocycles. The van der Waals surface area contributed by atoms with E-state index in [2.05, 4.69) is 21.5 Å². The van der Waals surface area contributed by atoms with Crippen molar-refractivity contribution >= 4 is 17.6 Å². The summed E-state index contributed by atoms with van der Waals surface area (Å²) in [5, 5.41) is 4.34. The molecular weight excluding hydrogens is 218 g/mol. The lowest BCUT2D eigenvalue weighted by Crippen LogP contribution is -2.18. The van der Waals surface area contributed by atoms with E-state index in [4.69, 9.17) is 0 Å². The molecule has 4 heteroatoms. The zero-order chi connectivity index (χ0) is 11.5. The van der Waals surface area contributed by atoms with Crippen molar-refractivity contribution in [1.29, 1.82) is 0 Å². The number of nitrogens with zero attached hydrogens (tertiary/aromatic N) is 2. The predicted molar refractivity (Wildman–Crippen MR) is 70.1 cm³/mol. The molecule has 0 unspecified atom stereocenters. The fourth-order valence-electron chi connectivity index (χ4n) is 2.15. The van der Waals surface area contributed by atoms with Crippen molar-refractivity contribution in [3.63, 3.8) is 0 Å². The molecule has 1 fully saturated rings. The second-order valence-corrected chi connectivity index (χ2v) is 5.60. The number of aromatic nitrogens is 2. The van der Waals surface area contributed by atoms with Crippen LogP contribution in [0, 0.1) is 13.8 Å². The number of rotatable bonds is 3. The van der Waals surface area contributed by atoms with Crippen LogP contribution in [0.4, 0.5) is 5.82 Å². The summed E-state index contributed by atoms with van der Waals surface area (Å²) >= 11 is 1.98. The Morgan fingerprint density at radius 1 is 1.38 bits per heavy atom. The first kappa shape index (κ1) is 11.7. The third kappa shape index (κ3) is 2.67. The number of hydrogen-bond donors (Lipinski definition) is 1. The van der Waals surface area contributed by atoms with Crippen molar-refractivity contribution in [3.8, 4) is 0 Å². The molecule has 0 saturated heterocycles. The van der Waals surface area contributed by atoms with E-state index in [0.29, 0.717) is 6.04 Å². The summed E-state index contributed by atoms with van der Waals surface area (Å²) in [6, 6.07) is 0.576. The van der Waals surface area contributed by atoms with Gasteiger partial charge in [-0.3, -0.25) is 4.98 Å². The van der Waals surface area contributed by atoms with Crippen molar-refractivity contribution in [1.82, 2.24) is 9.97 Å². The van der Waals surface area contributed by atoms with E-state index in [0.717, 1.165) is 22.5 Å². The largest absolute Gasteiger partial charge is 0.366 e. The number of anilines is 1. The molecule has 1 aromatic heterocycles. The minimum absolute atomic E-state index is 0.576. The molecule has 0 spiro atoms. The molecule has 1 aliphatic rings. The van der Waals surface area contributed by atoms with E-state index in [1.807, 2.05) is 31.8 Å². The summed E-state index contributed by atoms with van der Waals surface area (Å²) < 4.78 is 0. The Kier molecular flexibility index (Phi) is 3.69. The molecule has 0 radical (unpaired) electrons. The van der Waals surface area contributed by atoms with E-state index < -0.39 is 0 Å². The summed E-state index contributed by atoms with van der Waals surface area (Å²) in [7, 11) is 0. The summed E-state index contributed by atoms with van der Waals surface area (Å²) in [4.78, 5) is 8.84. The lowest BCUT2D eigenvalue weighted by Gasteiger charge is -2.15. The number of thioether (sulfide) groups is 1. The van der Waals surface area contributed by atoms with Crippen LogP contribution >= 0.6 is 11.8 Å². The normalized spacial score (nSPS) is 24.7. The van der Waals surface area contributed by atoms with Crippen LogP contribution in [0.5, 0.6) is 0 Å². The first-order valence-electron chi connectivity index (χ1n) is 5.78. The summed E-state index contributed by atoms with van der Waals surface area (Å²) in [5.74, 6) is 0.965. The predicted octanol–water partition coefficient (Wildman–Crippen LogP) is 2.79. The van der Waals surface area contributed by atoms with Crippen LogP contribution in [0.15, 0.2) is 6.20 Å². The maximum Gasteiger partial charge on any atom is 0.147 e. The molecule has 1 N–H and O–H groups in total. The quantitative estimate of drug-likeness (QED) is 0.877. The van der Waals surface area contributed by atoms with Gasteiger partial charge in [0.25, 0.3) is 0 Å². The van der Waals surface area contributed by atoms with Crippen LogP contribution in [-0.4, -0.2) is 27.5 Å². The molecule has 0 amide bonds. The highest BCUT2D eigenvalue weighted by atomic mass is 32.2. The van der Waals surface area contributed by atoms with E-state index in [1.54, 1.807) is 0 Å². The van der Waals surface area contributed by atoms with Gasteiger partial charge in [0.1, 0.15) is 5.82 Å². The van der Waals surface area contributed by atoms with Crippen LogP contribution in [0.25, 0.3) is 0 Å². The van der Waals surface area contributed by atoms with Crippen LogP contribution < -0.4 is 5.32 Å². The zero-order valence-electron chi connectivity index (χ0n) is 10.2. The van der Waals surface area contributed by atoms with Crippen LogP contribution in [0.2, 0.25) is 0 Å². The standard InChI is InChI=1S/C12H19N3S/c1-8-7-13-9(2)12(14-8)15-10-4-5-11(6-10)16-3/h7,10-11H,4-6H2,1-3H3,(H,14,15)/t10-,11-/m1/s1. The van der Waals surface area contributed by atoms with Crippen LogP contribution in [0.1, 0.15) is 30.7 Å². The van der Waals surface area contributed by atoms with Gasteiger partial charge in [-0.2, -0.15) is 11.8 Å². The maximum atomic E-state index is 4.51. The highest BCUT2D eigenvalue weighted by Gasteiger charge is 2.24. The molecule has 2 rings (SSSR count). The Morgan fingerprint density at radius 2 is 2.19 bits per heavy atom. The van der Waals surface area contributed by atoms with Gasteiger partial charge in [-0.15, -0.1) is 0 Å².